The lowest BCUT2D eigenvalue weighted by Crippen LogP contribution is -2.14. The van der Waals surface area contributed by atoms with Crippen molar-refractivity contribution in [3.8, 4) is 11.5 Å². The Balaban J connectivity index is 1.55. The molecule has 0 unspecified atom stereocenters. The van der Waals surface area contributed by atoms with Crippen molar-refractivity contribution in [2.75, 3.05) is 17.2 Å². The average molecular weight is 487 g/mol. The molecule has 0 bridgehead atoms. The lowest BCUT2D eigenvalue weighted by molar-refractivity contribution is -0.137. The van der Waals surface area contributed by atoms with Gasteiger partial charge in [-0.25, -0.2) is 4.98 Å². The van der Waals surface area contributed by atoms with E-state index in [1.165, 1.54) is 0 Å². The molecule has 9 heteroatoms. The summed E-state index contributed by atoms with van der Waals surface area (Å²) in [7, 11) is 0. The number of nitrogens with zero attached hydrogens (tertiary/aromatic N) is 2. The largest absolute Gasteiger partial charge is 0.493 e. The second-order valence-corrected chi connectivity index (χ2v) is 8.95. The van der Waals surface area contributed by atoms with Crippen LogP contribution in [0.25, 0.3) is 0 Å². The number of anilines is 4. The Morgan fingerprint density at radius 3 is 2.40 bits per heavy atom. The summed E-state index contributed by atoms with van der Waals surface area (Å²) in [6, 6.07) is 14.0. The van der Waals surface area contributed by atoms with Crippen LogP contribution < -0.4 is 20.1 Å². The Hall–Kier alpha value is -3.49. The Morgan fingerprint density at radius 2 is 1.71 bits per heavy atom. The highest BCUT2D eigenvalue weighted by molar-refractivity contribution is 5.67. The fourth-order valence-electron chi connectivity index (χ4n) is 3.76. The number of aromatic nitrogens is 2. The van der Waals surface area contributed by atoms with E-state index in [0.29, 0.717) is 35.4 Å². The summed E-state index contributed by atoms with van der Waals surface area (Å²) >= 11 is 0. The normalized spacial score (nSPS) is 14.2. The predicted octanol–water partition coefficient (Wildman–Crippen LogP) is 7.34. The molecule has 1 saturated carbocycles. The van der Waals surface area contributed by atoms with Crippen LogP contribution in [-0.4, -0.2) is 22.7 Å². The van der Waals surface area contributed by atoms with Crippen LogP contribution in [0.15, 0.2) is 54.7 Å². The maximum Gasteiger partial charge on any atom is 0.421 e. The zero-order valence-electron chi connectivity index (χ0n) is 19.7. The van der Waals surface area contributed by atoms with Crippen molar-refractivity contribution >= 4 is 23.1 Å². The molecule has 1 fully saturated rings. The minimum absolute atomic E-state index is 0.0329. The second kappa shape index (κ2) is 10.8. The highest BCUT2D eigenvalue weighted by Gasteiger charge is 2.35. The molecule has 186 valence electrons. The van der Waals surface area contributed by atoms with Gasteiger partial charge in [0.25, 0.3) is 0 Å². The summed E-state index contributed by atoms with van der Waals surface area (Å²) in [5, 5.41) is 5.79. The monoisotopic (exact) mass is 486 g/mol. The number of para-hydroxylation sites is 2. The third-order valence-electron chi connectivity index (χ3n) is 5.52. The van der Waals surface area contributed by atoms with E-state index in [4.69, 9.17) is 9.47 Å². The molecule has 0 spiro atoms. The Bertz CT molecular complexity index is 1110. The van der Waals surface area contributed by atoms with Crippen molar-refractivity contribution in [2.24, 2.45) is 5.92 Å². The minimum atomic E-state index is -4.63. The van der Waals surface area contributed by atoms with Crippen LogP contribution in [0, 0.1) is 5.92 Å². The first-order chi connectivity index (χ1) is 16.8. The molecule has 0 saturated heterocycles. The van der Waals surface area contributed by atoms with E-state index in [2.05, 4.69) is 34.4 Å². The van der Waals surface area contributed by atoms with Crippen LogP contribution in [0.2, 0.25) is 0 Å². The van der Waals surface area contributed by atoms with Gasteiger partial charge in [0.05, 0.1) is 18.4 Å². The first-order valence-corrected chi connectivity index (χ1v) is 11.7. The molecule has 1 heterocycles. The number of rotatable bonds is 9. The topological polar surface area (TPSA) is 68.3 Å². The van der Waals surface area contributed by atoms with E-state index in [1.807, 2.05) is 0 Å². The molecule has 2 aromatic carbocycles. The quantitative estimate of drug-likeness (QED) is 0.330. The van der Waals surface area contributed by atoms with Crippen LogP contribution in [0.1, 0.15) is 45.1 Å². The summed E-state index contributed by atoms with van der Waals surface area (Å²) in [4.78, 5) is 8.03. The molecule has 4 rings (SSSR count). The fraction of sp³-hybridized carbons (Fsp3) is 0.385. The van der Waals surface area contributed by atoms with Gasteiger partial charge in [0.15, 0.2) is 0 Å². The average Bonchev–Trinajstić information content (AvgIpc) is 3.32. The van der Waals surface area contributed by atoms with Gasteiger partial charge in [0.2, 0.25) is 5.95 Å². The lowest BCUT2D eigenvalue weighted by Gasteiger charge is -2.19. The molecular weight excluding hydrogens is 457 g/mol. The minimum Gasteiger partial charge on any atom is -0.493 e. The summed E-state index contributed by atoms with van der Waals surface area (Å²) in [5.41, 5.74) is 0.0786. The fourth-order valence-corrected chi connectivity index (χ4v) is 3.76. The highest BCUT2D eigenvalue weighted by atomic mass is 19.4. The lowest BCUT2D eigenvalue weighted by atomic mass is 10.2. The Labute approximate surface area is 202 Å². The number of ether oxygens (including phenoxy) is 2. The zero-order chi connectivity index (χ0) is 24.8. The van der Waals surface area contributed by atoms with Gasteiger partial charge in [-0.15, -0.1) is 0 Å². The molecular formula is C26H29F3N4O2. The number of hydrogen-bond donors (Lipinski definition) is 2. The molecule has 6 nitrogen and oxygen atoms in total. The third-order valence-corrected chi connectivity index (χ3v) is 5.52. The Kier molecular flexibility index (Phi) is 7.63. The number of alkyl halides is 3. The predicted molar refractivity (Wildman–Crippen MR) is 130 cm³/mol. The molecule has 0 amide bonds. The van der Waals surface area contributed by atoms with Gasteiger partial charge in [-0.3, -0.25) is 0 Å². The van der Waals surface area contributed by atoms with Gasteiger partial charge in [0.1, 0.15) is 22.9 Å². The van der Waals surface area contributed by atoms with Crippen molar-refractivity contribution in [3.05, 3.63) is 60.3 Å². The Morgan fingerprint density at radius 1 is 1.00 bits per heavy atom. The van der Waals surface area contributed by atoms with E-state index in [9.17, 15) is 13.2 Å². The van der Waals surface area contributed by atoms with Crippen molar-refractivity contribution in [2.45, 2.75) is 51.8 Å². The SMILES string of the molecule is CC(C)COc1ccc(Nc2ncc(C(F)(F)F)c(Nc3ccccc3OC3CCCC3)n2)cc1. The van der Waals surface area contributed by atoms with Crippen molar-refractivity contribution in [1.29, 1.82) is 0 Å². The van der Waals surface area contributed by atoms with Gasteiger partial charge in [0, 0.05) is 11.9 Å². The van der Waals surface area contributed by atoms with Gasteiger partial charge >= 0.3 is 6.18 Å². The number of halogens is 3. The van der Waals surface area contributed by atoms with E-state index < -0.39 is 11.7 Å². The van der Waals surface area contributed by atoms with E-state index in [1.54, 1.807) is 48.5 Å². The first kappa shape index (κ1) is 24.6. The van der Waals surface area contributed by atoms with Crippen LogP contribution in [0.3, 0.4) is 0 Å². The first-order valence-electron chi connectivity index (χ1n) is 11.7. The zero-order valence-corrected chi connectivity index (χ0v) is 19.7. The van der Waals surface area contributed by atoms with Crippen molar-refractivity contribution in [1.82, 2.24) is 9.97 Å². The standard InChI is InChI=1S/C26H29F3N4O2/c1-17(2)16-34-19-13-11-18(12-14-19)31-25-30-15-21(26(27,28)29)24(33-25)32-22-9-5-6-10-23(22)35-20-7-3-4-8-20/h5-6,9-15,17,20H,3-4,7-8,16H2,1-2H3,(H2,30,31,32,33). The number of hydrogen-bond acceptors (Lipinski definition) is 6. The van der Waals surface area contributed by atoms with Crippen LogP contribution in [0.4, 0.5) is 36.3 Å². The third kappa shape index (κ3) is 6.77. The number of nitrogens with one attached hydrogen (secondary N) is 2. The smallest absolute Gasteiger partial charge is 0.421 e. The molecule has 1 aromatic heterocycles. The molecule has 0 atom stereocenters. The van der Waals surface area contributed by atoms with Gasteiger partial charge < -0.3 is 20.1 Å². The van der Waals surface area contributed by atoms with E-state index >= 15 is 0 Å². The summed E-state index contributed by atoms with van der Waals surface area (Å²) in [5.74, 6) is 1.28. The van der Waals surface area contributed by atoms with Crippen molar-refractivity contribution < 1.29 is 22.6 Å². The number of benzene rings is 2. The van der Waals surface area contributed by atoms with Crippen molar-refractivity contribution in [3.63, 3.8) is 0 Å². The molecule has 1 aliphatic rings. The summed E-state index contributed by atoms with van der Waals surface area (Å²) in [6.07, 6.45) is 0.260. The molecule has 35 heavy (non-hydrogen) atoms. The maximum absolute atomic E-state index is 13.7. The van der Waals surface area contributed by atoms with E-state index in [0.717, 1.165) is 31.9 Å². The highest BCUT2D eigenvalue weighted by Crippen LogP contribution is 2.38. The van der Waals surface area contributed by atoms with Crippen LogP contribution in [0.5, 0.6) is 11.5 Å². The molecule has 2 N–H and O–H groups in total. The second-order valence-electron chi connectivity index (χ2n) is 8.95. The molecule has 0 aliphatic heterocycles. The molecule has 1 aliphatic carbocycles. The maximum atomic E-state index is 13.7. The van der Waals surface area contributed by atoms with Gasteiger partial charge in [-0.1, -0.05) is 26.0 Å². The molecule has 3 aromatic rings. The van der Waals surface area contributed by atoms with Crippen LogP contribution >= 0.6 is 0 Å². The molecule has 0 radical (unpaired) electrons. The summed E-state index contributed by atoms with van der Waals surface area (Å²) in [6.45, 7) is 4.71. The van der Waals surface area contributed by atoms with E-state index in [-0.39, 0.29) is 17.9 Å². The van der Waals surface area contributed by atoms with Gasteiger partial charge in [-0.05, 0) is 68.0 Å². The van der Waals surface area contributed by atoms with Crippen LogP contribution in [-0.2, 0) is 6.18 Å². The van der Waals surface area contributed by atoms with Gasteiger partial charge in [-0.2, -0.15) is 18.2 Å². The summed E-state index contributed by atoms with van der Waals surface area (Å²) < 4.78 is 52.9.